The van der Waals surface area contributed by atoms with E-state index < -0.39 is 0 Å². The number of amides is 1. The van der Waals surface area contributed by atoms with Gasteiger partial charge in [0.1, 0.15) is 0 Å². The molecule has 2 saturated heterocycles. The first-order chi connectivity index (χ1) is 18.3. The van der Waals surface area contributed by atoms with Crippen LogP contribution in [0.25, 0.3) is 0 Å². The zero-order chi connectivity index (χ0) is 26.7. The fourth-order valence-corrected chi connectivity index (χ4v) is 6.07. The van der Waals surface area contributed by atoms with Crippen molar-refractivity contribution in [3.05, 3.63) is 65.5 Å². The number of hydrogen-bond donors (Lipinski definition) is 1. The van der Waals surface area contributed by atoms with Gasteiger partial charge >= 0.3 is 0 Å². The van der Waals surface area contributed by atoms with Crippen molar-refractivity contribution in [1.82, 2.24) is 15.1 Å². The van der Waals surface area contributed by atoms with Crippen molar-refractivity contribution in [2.45, 2.75) is 65.0 Å². The molecule has 6 heteroatoms. The Morgan fingerprint density at radius 3 is 2.39 bits per heavy atom. The second-order valence-corrected chi connectivity index (χ2v) is 12.6. The van der Waals surface area contributed by atoms with Crippen LogP contribution in [0.15, 0.2) is 48.5 Å². The first-order valence-electron chi connectivity index (χ1n) is 14.5. The van der Waals surface area contributed by atoms with E-state index in [-0.39, 0.29) is 29.2 Å². The van der Waals surface area contributed by atoms with Gasteiger partial charge in [0.05, 0.1) is 12.6 Å². The topological polar surface area (TPSA) is 44.8 Å². The van der Waals surface area contributed by atoms with Gasteiger partial charge < -0.3 is 15.0 Å². The molecule has 2 aromatic carbocycles. The van der Waals surface area contributed by atoms with Crippen LogP contribution in [0, 0.1) is 23.1 Å². The summed E-state index contributed by atoms with van der Waals surface area (Å²) in [5.74, 6) is 1.38. The lowest BCUT2D eigenvalue weighted by Gasteiger charge is -2.49. The molecule has 2 heterocycles. The molecule has 1 N–H and O–H groups in total. The number of ether oxygens (including phenoxy) is 1. The summed E-state index contributed by atoms with van der Waals surface area (Å²) < 4.78 is 21.0. The number of rotatable bonds is 8. The third kappa shape index (κ3) is 6.58. The number of piperazine rings is 1. The Labute approximate surface area is 227 Å². The van der Waals surface area contributed by atoms with Crippen molar-refractivity contribution in [1.29, 1.82) is 0 Å². The molecule has 38 heavy (non-hydrogen) atoms. The van der Waals surface area contributed by atoms with Crippen LogP contribution in [0.5, 0.6) is 5.75 Å². The molecule has 1 unspecified atom stereocenters. The Bertz CT molecular complexity index is 1080. The lowest BCUT2D eigenvalue weighted by Crippen LogP contribution is -2.60. The number of hydrogen-bond acceptors (Lipinski definition) is 4. The minimum absolute atomic E-state index is 0.0740. The third-order valence-electron chi connectivity index (χ3n) is 8.58. The molecule has 2 aromatic rings. The van der Waals surface area contributed by atoms with Gasteiger partial charge in [0.25, 0.3) is 0 Å². The fourth-order valence-electron chi connectivity index (χ4n) is 6.07. The van der Waals surface area contributed by atoms with E-state index in [0.717, 1.165) is 50.1 Å². The molecule has 0 radical (unpaired) electrons. The van der Waals surface area contributed by atoms with Crippen molar-refractivity contribution in [2.75, 3.05) is 39.3 Å². The fraction of sp³-hybridized carbons (Fsp3) is 0.594. The first-order valence-corrected chi connectivity index (χ1v) is 14.5. The molecule has 0 aromatic heterocycles. The molecule has 5 nitrogen and oxygen atoms in total. The van der Waals surface area contributed by atoms with Gasteiger partial charge in [-0.25, -0.2) is 4.39 Å². The number of nitrogens with zero attached hydrogens (tertiary/aromatic N) is 2. The van der Waals surface area contributed by atoms with E-state index in [1.807, 2.05) is 24.3 Å². The van der Waals surface area contributed by atoms with Crippen LogP contribution in [0.2, 0.25) is 0 Å². The molecule has 1 aliphatic carbocycles. The maximum atomic E-state index is 15.2. The highest BCUT2D eigenvalue weighted by atomic mass is 19.1. The average molecular weight is 522 g/mol. The summed E-state index contributed by atoms with van der Waals surface area (Å²) in [6.45, 7) is 11.5. The Hall–Kier alpha value is -2.44. The average Bonchev–Trinajstić information content (AvgIpc) is 3.74. The van der Waals surface area contributed by atoms with Crippen LogP contribution < -0.4 is 10.1 Å². The molecule has 5 rings (SSSR count). The summed E-state index contributed by atoms with van der Waals surface area (Å²) in [6, 6.07) is 15.8. The molecular weight excluding hydrogens is 477 g/mol. The molecule has 0 bridgehead atoms. The van der Waals surface area contributed by atoms with Crippen LogP contribution >= 0.6 is 0 Å². The lowest BCUT2D eigenvalue weighted by molar-refractivity contribution is -0.141. The van der Waals surface area contributed by atoms with Crippen LogP contribution in [-0.2, 0) is 4.79 Å². The summed E-state index contributed by atoms with van der Waals surface area (Å²) in [5.41, 5.74) is 1.99. The SMILES string of the molecule is CC(C)(C)[C@H]1CN(C(c2ccccc2)c2ccc(OCC3CC3)c(F)c2)CCN1C(=O)CC1CCNCC1. The number of carbonyl (C=O) groups is 1. The highest BCUT2D eigenvalue weighted by molar-refractivity contribution is 5.77. The quantitative estimate of drug-likeness (QED) is 0.488. The normalized spacial score (nSPS) is 22.3. The van der Waals surface area contributed by atoms with Gasteiger partial charge in [0, 0.05) is 32.1 Å². The van der Waals surface area contributed by atoms with Crippen molar-refractivity contribution < 1.29 is 13.9 Å². The summed E-state index contributed by atoms with van der Waals surface area (Å²) in [6.07, 6.45) is 5.15. The Morgan fingerprint density at radius 1 is 1.00 bits per heavy atom. The van der Waals surface area contributed by atoms with Crippen LogP contribution in [0.4, 0.5) is 4.39 Å². The number of nitrogens with one attached hydrogen (secondary N) is 1. The summed E-state index contributed by atoms with van der Waals surface area (Å²) in [7, 11) is 0. The zero-order valence-electron chi connectivity index (χ0n) is 23.3. The van der Waals surface area contributed by atoms with E-state index in [2.05, 4.69) is 48.0 Å². The van der Waals surface area contributed by atoms with Gasteiger partial charge in [-0.15, -0.1) is 0 Å². The summed E-state index contributed by atoms with van der Waals surface area (Å²) in [5, 5.41) is 3.41. The van der Waals surface area contributed by atoms with Crippen molar-refractivity contribution in [2.24, 2.45) is 17.3 Å². The van der Waals surface area contributed by atoms with E-state index in [1.54, 1.807) is 12.1 Å². The molecule has 2 atom stereocenters. The minimum atomic E-state index is -0.299. The summed E-state index contributed by atoms with van der Waals surface area (Å²) >= 11 is 0. The molecule has 206 valence electrons. The molecule has 2 aliphatic heterocycles. The van der Waals surface area contributed by atoms with Crippen LogP contribution in [-0.4, -0.2) is 61.1 Å². The van der Waals surface area contributed by atoms with Gasteiger partial charge in [0.15, 0.2) is 11.6 Å². The van der Waals surface area contributed by atoms with Gasteiger partial charge in [0.2, 0.25) is 5.91 Å². The van der Waals surface area contributed by atoms with Crippen molar-refractivity contribution in [3.63, 3.8) is 0 Å². The Morgan fingerprint density at radius 2 is 1.74 bits per heavy atom. The van der Waals surface area contributed by atoms with E-state index in [1.165, 1.54) is 12.8 Å². The molecular formula is C32H44FN3O2. The first kappa shape index (κ1) is 27.1. The Kier molecular flexibility index (Phi) is 8.39. The lowest BCUT2D eigenvalue weighted by atomic mass is 9.82. The van der Waals surface area contributed by atoms with E-state index >= 15 is 4.39 Å². The van der Waals surface area contributed by atoms with E-state index in [9.17, 15) is 4.79 Å². The third-order valence-corrected chi connectivity index (χ3v) is 8.58. The maximum absolute atomic E-state index is 15.2. The second kappa shape index (κ2) is 11.7. The maximum Gasteiger partial charge on any atom is 0.223 e. The van der Waals surface area contributed by atoms with Crippen LogP contribution in [0.1, 0.15) is 70.0 Å². The van der Waals surface area contributed by atoms with Crippen molar-refractivity contribution in [3.8, 4) is 5.75 Å². The highest BCUT2D eigenvalue weighted by Crippen LogP contribution is 2.37. The van der Waals surface area contributed by atoms with E-state index in [4.69, 9.17) is 4.74 Å². The standard InChI is InChI=1S/C32H44FN3O2/c1-32(2,3)29-21-35(17-18-36(29)30(37)19-23-13-15-34-16-14-23)31(25-7-5-4-6-8-25)26-11-12-28(27(33)20-26)38-22-24-9-10-24/h4-8,11-12,20,23-24,29,31,34H,9-10,13-19,21-22H2,1-3H3/t29-,31?/m1/s1. The minimum Gasteiger partial charge on any atom is -0.490 e. The largest absolute Gasteiger partial charge is 0.490 e. The number of benzene rings is 2. The zero-order valence-corrected chi connectivity index (χ0v) is 23.3. The number of halogens is 1. The van der Waals surface area contributed by atoms with Gasteiger partial charge in [-0.3, -0.25) is 9.69 Å². The molecule has 1 amide bonds. The van der Waals surface area contributed by atoms with Crippen LogP contribution in [0.3, 0.4) is 0 Å². The predicted octanol–water partition coefficient (Wildman–Crippen LogP) is 5.65. The highest BCUT2D eigenvalue weighted by Gasteiger charge is 2.40. The molecule has 0 spiro atoms. The smallest absolute Gasteiger partial charge is 0.223 e. The monoisotopic (exact) mass is 521 g/mol. The molecule has 3 fully saturated rings. The van der Waals surface area contributed by atoms with E-state index in [0.29, 0.717) is 37.2 Å². The molecule has 1 saturated carbocycles. The van der Waals surface area contributed by atoms with Gasteiger partial charge in [-0.05, 0) is 79.3 Å². The number of piperidine rings is 1. The molecule has 3 aliphatic rings. The summed E-state index contributed by atoms with van der Waals surface area (Å²) in [4.78, 5) is 18.2. The van der Waals surface area contributed by atoms with Crippen molar-refractivity contribution >= 4 is 5.91 Å². The van der Waals surface area contributed by atoms with Gasteiger partial charge in [-0.2, -0.15) is 0 Å². The predicted molar refractivity (Wildman–Crippen MR) is 150 cm³/mol. The van der Waals surface area contributed by atoms with Gasteiger partial charge in [-0.1, -0.05) is 57.2 Å². The number of carbonyl (C=O) groups excluding carboxylic acids is 1. The Balaban J connectivity index is 1.37. The second-order valence-electron chi connectivity index (χ2n) is 12.6.